The Morgan fingerprint density at radius 3 is 2.50 bits per heavy atom. The van der Waals surface area contributed by atoms with Crippen molar-refractivity contribution in [3.05, 3.63) is 34.9 Å². The minimum atomic E-state index is -5.08. The van der Waals surface area contributed by atoms with Gasteiger partial charge in [-0.1, -0.05) is 17.7 Å². The maximum absolute atomic E-state index is 12.6. The molecule has 0 bridgehead atoms. The van der Waals surface area contributed by atoms with Gasteiger partial charge >= 0.3 is 12.1 Å². The van der Waals surface area contributed by atoms with E-state index in [0.29, 0.717) is 16.5 Å². The van der Waals surface area contributed by atoms with Gasteiger partial charge in [-0.25, -0.2) is 4.79 Å². The molecule has 30 heavy (non-hydrogen) atoms. The van der Waals surface area contributed by atoms with Crippen LogP contribution in [0.3, 0.4) is 0 Å². The first-order valence-corrected chi connectivity index (χ1v) is 10.0. The van der Waals surface area contributed by atoms with Crippen LogP contribution >= 0.6 is 11.6 Å². The van der Waals surface area contributed by atoms with Crippen molar-refractivity contribution in [2.24, 2.45) is 5.92 Å². The molecule has 1 unspecified atom stereocenters. The third-order valence-electron chi connectivity index (χ3n) is 5.48. The summed E-state index contributed by atoms with van der Waals surface area (Å²) in [4.78, 5) is 25.8. The number of likely N-dealkylation sites (tertiary alicyclic amines) is 2. The maximum atomic E-state index is 12.6. The molecule has 0 saturated carbocycles. The Labute approximate surface area is 178 Å². The fraction of sp³-hybridized carbons (Fsp3) is 0.600. The molecule has 2 saturated heterocycles. The highest BCUT2D eigenvalue weighted by atomic mass is 35.5. The largest absolute Gasteiger partial charge is 0.490 e. The average Bonchev–Trinajstić information content (AvgIpc) is 2.65. The molecule has 168 valence electrons. The topological polar surface area (TPSA) is 70.1 Å². The van der Waals surface area contributed by atoms with Gasteiger partial charge in [0.25, 0.3) is 5.91 Å². The van der Waals surface area contributed by atoms with Crippen LogP contribution < -0.4 is 0 Å². The lowest BCUT2D eigenvalue weighted by Crippen LogP contribution is -2.72. The van der Waals surface area contributed by atoms with Crippen molar-refractivity contribution in [2.45, 2.75) is 31.5 Å². The van der Waals surface area contributed by atoms with Crippen LogP contribution in [0.4, 0.5) is 13.2 Å². The number of aliphatic carboxylic acids is 1. The number of rotatable bonds is 4. The van der Waals surface area contributed by atoms with Crippen molar-refractivity contribution >= 4 is 23.5 Å². The average molecular weight is 451 g/mol. The lowest BCUT2D eigenvalue weighted by atomic mass is 9.75. The number of piperidine rings is 1. The van der Waals surface area contributed by atoms with Crippen molar-refractivity contribution < 1.29 is 32.6 Å². The molecule has 0 aliphatic carbocycles. The SMILES string of the molecule is CCOCC1CCN(C)C2(C1)CN(C(=O)c1cccc(Cl)c1)C2.O=C(O)C(F)(F)F. The van der Waals surface area contributed by atoms with E-state index >= 15 is 0 Å². The number of alkyl halides is 3. The highest BCUT2D eigenvalue weighted by Crippen LogP contribution is 2.39. The van der Waals surface area contributed by atoms with Crippen LogP contribution in [0, 0.1) is 5.92 Å². The molecule has 1 amide bonds. The Morgan fingerprint density at radius 1 is 1.33 bits per heavy atom. The third-order valence-corrected chi connectivity index (χ3v) is 5.72. The van der Waals surface area contributed by atoms with E-state index in [1.54, 1.807) is 12.1 Å². The summed E-state index contributed by atoms with van der Waals surface area (Å²) in [6.07, 6.45) is -2.79. The number of benzene rings is 1. The highest BCUT2D eigenvalue weighted by Gasteiger charge is 2.50. The van der Waals surface area contributed by atoms with Gasteiger partial charge in [0.1, 0.15) is 0 Å². The Hall–Kier alpha value is -1.84. The number of carbonyl (C=O) groups excluding carboxylic acids is 1. The highest BCUT2D eigenvalue weighted by molar-refractivity contribution is 6.30. The van der Waals surface area contributed by atoms with Gasteiger partial charge in [0, 0.05) is 36.9 Å². The number of amides is 1. The molecular formula is C20H26ClF3N2O4. The van der Waals surface area contributed by atoms with Gasteiger partial charge < -0.3 is 14.7 Å². The van der Waals surface area contributed by atoms with E-state index in [9.17, 15) is 18.0 Å². The van der Waals surface area contributed by atoms with Gasteiger partial charge in [0.15, 0.2) is 0 Å². The van der Waals surface area contributed by atoms with Gasteiger partial charge in [-0.05, 0) is 57.5 Å². The first-order valence-electron chi connectivity index (χ1n) is 9.62. The Balaban J connectivity index is 0.000000396. The quantitative estimate of drug-likeness (QED) is 0.759. The van der Waals surface area contributed by atoms with E-state index in [4.69, 9.17) is 26.2 Å². The summed E-state index contributed by atoms with van der Waals surface area (Å²) >= 11 is 5.99. The number of nitrogens with zero attached hydrogens (tertiary/aromatic N) is 2. The Morgan fingerprint density at radius 2 is 1.97 bits per heavy atom. The third kappa shape index (κ3) is 6.09. The molecule has 2 fully saturated rings. The molecule has 1 spiro atoms. The molecule has 1 aromatic rings. The first-order chi connectivity index (χ1) is 14.0. The normalized spacial score (nSPS) is 20.9. The van der Waals surface area contributed by atoms with Crippen molar-refractivity contribution in [3.63, 3.8) is 0 Å². The molecule has 1 aromatic carbocycles. The fourth-order valence-electron chi connectivity index (χ4n) is 3.82. The number of hydrogen-bond donors (Lipinski definition) is 1. The number of carbonyl (C=O) groups is 2. The van der Waals surface area contributed by atoms with Crippen molar-refractivity contribution in [3.8, 4) is 0 Å². The van der Waals surface area contributed by atoms with Crippen LogP contribution in [-0.2, 0) is 9.53 Å². The smallest absolute Gasteiger partial charge is 0.475 e. The molecule has 10 heteroatoms. The summed E-state index contributed by atoms with van der Waals surface area (Å²) < 4.78 is 37.3. The molecule has 6 nitrogen and oxygen atoms in total. The summed E-state index contributed by atoms with van der Waals surface area (Å²) in [6.45, 7) is 6.35. The molecule has 0 radical (unpaired) electrons. The zero-order valence-corrected chi connectivity index (χ0v) is 17.7. The standard InChI is InChI=1S/C18H25ClN2O2.C2HF3O2/c1-3-23-11-14-7-8-20(2)18(10-14)12-21(13-18)17(22)15-5-4-6-16(19)9-15;3-2(4,5)1(6)7/h4-6,9,14H,3,7-8,10-13H2,1-2H3;(H,6,7). The zero-order valence-electron chi connectivity index (χ0n) is 16.9. The molecule has 2 heterocycles. The minimum absolute atomic E-state index is 0.0819. The van der Waals surface area contributed by atoms with Crippen LogP contribution in [0.25, 0.3) is 0 Å². The summed E-state index contributed by atoms with van der Waals surface area (Å²) in [5.41, 5.74) is 0.811. The Bertz CT molecular complexity index is 752. The van der Waals surface area contributed by atoms with E-state index in [0.717, 1.165) is 39.3 Å². The molecule has 1 atom stereocenters. The Kier molecular flexibility index (Phi) is 8.13. The molecule has 2 aliphatic heterocycles. The van der Waals surface area contributed by atoms with Gasteiger partial charge in [-0.3, -0.25) is 9.69 Å². The number of ether oxygens (including phenoxy) is 1. The van der Waals surface area contributed by atoms with E-state index in [1.807, 2.05) is 24.0 Å². The van der Waals surface area contributed by atoms with E-state index < -0.39 is 12.1 Å². The van der Waals surface area contributed by atoms with Crippen LogP contribution in [0.5, 0.6) is 0 Å². The second kappa shape index (κ2) is 9.98. The van der Waals surface area contributed by atoms with Crippen LogP contribution in [0.15, 0.2) is 24.3 Å². The van der Waals surface area contributed by atoms with Crippen LogP contribution in [-0.4, -0.2) is 78.4 Å². The number of carboxylic acid groups (broad SMARTS) is 1. The summed E-state index contributed by atoms with van der Waals surface area (Å²) in [5.74, 6) is -2.07. The number of hydrogen-bond acceptors (Lipinski definition) is 4. The monoisotopic (exact) mass is 450 g/mol. The van der Waals surface area contributed by atoms with Crippen molar-refractivity contribution in [2.75, 3.05) is 39.9 Å². The van der Waals surface area contributed by atoms with Crippen molar-refractivity contribution in [1.82, 2.24) is 9.80 Å². The van der Waals surface area contributed by atoms with Gasteiger partial charge in [0.05, 0.1) is 5.54 Å². The summed E-state index contributed by atoms with van der Waals surface area (Å²) in [7, 11) is 2.18. The molecule has 3 rings (SSSR count). The predicted molar refractivity (Wildman–Crippen MR) is 106 cm³/mol. The number of halogens is 4. The predicted octanol–water partition coefficient (Wildman–Crippen LogP) is 3.55. The van der Waals surface area contributed by atoms with Crippen LogP contribution in [0.2, 0.25) is 5.02 Å². The molecule has 2 aliphatic rings. The maximum Gasteiger partial charge on any atom is 0.490 e. The van der Waals surface area contributed by atoms with Crippen LogP contribution in [0.1, 0.15) is 30.1 Å². The summed E-state index contributed by atoms with van der Waals surface area (Å²) in [5, 5.41) is 7.73. The molecule has 0 aromatic heterocycles. The molecule has 1 N–H and O–H groups in total. The van der Waals surface area contributed by atoms with Crippen molar-refractivity contribution in [1.29, 1.82) is 0 Å². The lowest BCUT2D eigenvalue weighted by molar-refractivity contribution is -0.192. The van der Waals surface area contributed by atoms with Gasteiger partial charge in [-0.2, -0.15) is 13.2 Å². The lowest BCUT2D eigenvalue weighted by Gasteiger charge is -2.58. The second-order valence-corrected chi connectivity index (χ2v) is 8.08. The van der Waals surface area contributed by atoms with E-state index in [-0.39, 0.29) is 11.4 Å². The molecular weight excluding hydrogens is 425 g/mol. The minimum Gasteiger partial charge on any atom is -0.475 e. The second-order valence-electron chi connectivity index (χ2n) is 7.64. The number of likely N-dealkylation sites (N-methyl/N-ethyl adjacent to an activating group) is 1. The fourth-order valence-corrected chi connectivity index (χ4v) is 4.01. The van der Waals surface area contributed by atoms with E-state index in [2.05, 4.69) is 11.9 Å². The first kappa shape index (κ1) is 24.4. The van der Waals surface area contributed by atoms with E-state index in [1.165, 1.54) is 6.42 Å². The number of carboxylic acids is 1. The summed E-state index contributed by atoms with van der Waals surface area (Å²) in [6, 6.07) is 7.21. The van der Waals surface area contributed by atoms with Gasteiger partial charge in [-0.15, -0.1) is 0 Å². The zero-order chi connectivity index (χ0) is 22.5. The van der Waals surface area contributed by atoms with Gasteiger partial charge in [0.2, 0.25) is 0 Å².